The van der Waals surface area contributed by atoms with Crippen LogP contribution in [0.1, 0.15) is 32.1 Å². The molecule has 1 aliphatic rings. The summed E-state index contributed by atoms with van der Waals surface area (Å²) in [6, 6.07) is 10.2. The van der Waals surface area contributed by atoms with Gasteiger partial charge in [0.15, 0.2) is 0 Å². The fourth-order valence-electron chi connectivity index (χ4n) is 2.86. The Morgan fingerprint density at radius 1 is 1.29 bits per heavy atom. The topological polar surface area (TPSA) is 58.4 Å². The Bertz CT molecular complexity index is 411. The lowest BCUT2D eigenvalue weighted by Crippen LogP contribution is -2.42. The van der Waals surface area contributed by atoms with Crippen molar-refractivity contribution in [3.63, 3.8) is 0 Å². The first-order valence-corrected chi connectivity index (χ1v) is 7.58. The van der Waals surface area contributed by atoms with Crippen molar-refractivity contribution in [3.8, 4) is 0 Å². The lowest BCUT2D eigenvalue weighted by Gasteiger charge is -2.35. The highest BCUT2D eigenvalue weighted by Gasteiger charge is 2.21. The van der Waals surface area contributed by atoms with Crippen LogP contribution in [0.3, 0.4) is 0 Å². The van der Waals surface area contributed by atoms with Crippen LogP contribution in [0.4, 0.5) is 5.69 Å². The number of amides is 1. The summed E-state index contributed by atoms with van der Waals surface area (Å²) in [5.41, 5.74) is 6.54. The van der Waals surface area contributed by atoms with Crippen molar-refractivity contribution in [2.24, 2.45) is 5.73 Å². The van der Waals surface area contributed by atoms with E-state index in [1.807, 2.05) is 30.3 Å². The van der Waals surface area contributed by atoms with Crippen molar-refractivity contribution in [3.05, 3.63) is 30.3 Å². The molecule has 4 nitrogen and oxygen atoms in total. The van der Waals surface area contributed by atoms with Gasteiger partial charge in [-0.25, -0.2) is 0 Å². The molecule has 0 radical (unpaired) electrons. The van der Waals surface area contributed by atoms with Gasteiger partial charge in [-0.15, -0.1) is 12.4 Å². The van der Waals surface area contributed by atoms with Crippen molar-refractivity contribution in [1.82, 2.24) is 4.90 Å². The summed E-state index contributed by atoms with van der Waals surface area (Å²) < 4.78 is 0. The smallest absolute Gasteiger partial charge is 0.225 e. The number of piperidine rings is 1. The van der Waals surface area contributed by atoms with Gasteiger partial charge in [-0.2, -0.15) is 0 Å². The number of rotatable bonds is 6. The zero-order chi connectivity index (χ0) is 14.2. The Morgan fingerprint density at radius 3 is 2.76 bits per heavy atom. The lowest BCUT2D eigenvalue weighted by atomic mass is 9.99. The van der Waals surface area contributed by atoms with E-state index in [-0.39, 0.29) is 18.3 Å². The van der Waals surface area contributed by atoms with E-state index in [1.54, 1.807) is 0 Å². The molecule has 1 fully saturated rings. The maximum atomic E-state index is 12.0. The molecular weight excluding hydrogens is 286 g/mol. The van der Waals surface area contributed by atoms with E-state index in [4.69, 9.17) is 5.73 Å². The number of likely N-dealkylation sites (tertiary alicyclic amines) is 1. The first-order valence-electron chi connectivity index (χ1n) is 7.58. The average Bonchev–Trinajstić information content (AvgIpc) is 2.48. The minimum absolute atomic E-state index is 0. The molecule has 118 valence electrons. The van der Waals surface area contributed by atoms with Crippen LogP contribution >= 0.6 is 12.4 Å². The number of hydrogen-bond acceptors (Lipinski definition) is 3. The molecule has 2 rings (SSSR count). The Balaban J connectivity index is 0.00000220. The summed E-state index contributed by atoms with van der Waals surface area (Å²) in [5, 5.41) is 2.94. The van der Waals surface area contributed by atoms with Crippen LogP contribution in [0.5, 0.6) is 0 Å². The molecule has 1 amide bonds. The van der Waals surface area contributed by atoms with Gasteiger partial charge in [0.2, 0.25) is 5.91 Å². The molecule has 3 N–H and O–H groups in total. The van der Waals surface area contributed by atoms with Crippen molar-refractivity contribution in [2.75, 3.05) is 25.0 Å². The van der Waals surface area contributed by atoms with Crippen LogP contribution in [-0.4, -0.2) is 36.5 Å². The van der Waals surface area contributed by atoms with Crippen LogP contribution in [0.25, 0.3) is 0 Å². The van der Waals surface area contributed by atoms with Crippen molar-refractivity contribution in [2.45, 2.75) is 38.1 Å². The average molecular weight is 312 g/mol. The van der Waals surface area contributed by atoms with E-state index in [2.05, 4.69) is 10.2 Å². The number of nitrogens with one attached hydrogen (secondary N) is 1. The molecule has 0 bridgehead atoms. The third-order valence-electron chi connectivity index (χ3n) is 3.93. The Labute approximate surface area is 133 Å². The minimum Gasteiger partial charge on any atom is -0.330 e. The fraction of sp³-hybridized carbons (Fsp3) is 0.562. The predicted molar refractivity (Wildman–Crippen MR) is 89.8 cm³/mol. The molecule has 1 unspecified atom stereocenters. The van der Waals surface area contributed by atoms with Gasteiger partial charge in [0.05, 0.1) is 0 Å². The molecule has 1 aromatic rings. The molecular formula is C16H26ClN3O. The standard InChI is InChI=1S/C16H25N3O.ClH/c17-11-9-15-8-4-5-12-19(15)13-10-16(20)18-14-6-2-1-3-7-14;/h1-3,6-7,15H,4-5,8-13,17H2,(H,18,20);1H. The SMILES string of the molecule is Cl.NCCC1CCCCN1CCC(=O)Nc1ccccc1. The third-order valence-corrected chi connectivity index (χ3v) is 3.93. The van der Waals surface area contributed by atoms with Gasteiger partial charge in [-0.3, -0.25) is 9.69 Å². The van der Waals surface area contributed by atoms with E-state index in [9.17, 15) is 4.79 Å². The molecule has 0 saturated carbocycles. The first kappa shape index (κ1) is 18.0. The number of anilines is 1. The summed E-state index contributed by atoms with van der Waals surface area (Å²) in [7, 11) is 0. The summed E-state index contributed by atoms with van der Waals surface area (Å²) >= 11 is 0. The summed E-state index contributed by atoms with van der Waals surface area (Å²) in [6.07, 6.45) is 5.34. The molecule has 21 heavy (non-hydrogen) atoms. The second-order valence-corrected chi connectivity index (χ2v) is 5.43. The fourth-order valence-corrected chi connectivity index (χ4v) is 2.86. The van der Waals surface area contributed by atoms with E-state index in [1.165, 1.54) is 19.3 Å². The number of nitrogens with zero attached hydrogens (tertiary/aromatic N) is 1. The monoisotopic (exact) mass is 311 g/mol. The van der Waals surface area contributed by atoms with Crippen molar-refractivity contribution < 1.29 is 4.79 Å². The summed E-state index contributed by atoms with van der Waals surface area (Å²) in [6.45, 7) is 2.67. The maximum absolute atomic E-state index is 12.0. The number of carbonyl (C=O) groups excluding carboxylic acids is 1. The summed E-state index contributed by atoms with van der Waals surface area (Å²) in [4.78, 5) is 14.4. The highest BCUT2D eigenvalue weighted by atomic mass is 35.5. The number of benzene rings is 1. The Kier molecular flexibility index (Phi) is 8.35. The van der Waals surface area contributed by atoms with E-state index < -0.39 is 0 Å². The molecule has 1 saturated heterocycles. The molecule has 0 aliphatic carbocycles. The van der Waals surface area contributed by atoms with Gasteiger partial charge in [0.1, 0.15) is 0 Å². The quantitative estimate of drug-likeness (QED) is 0.849. The maximum Gasteiger partial charge on any atom is 0.225 e. The highest BCUT2D eigenvalue weighted by Crippen LogP contribution is 2.19. The second kappa shape index (κ2) is 9.77. The van der Waals surface area contributed by atoms with Crippen LogP contribution in [-0.2, 0) is 4.79 Å². The summed E-state index contributed by atoms with van der Waals surface area (Å²) in [5.74, 6) is 0.0910. The van der Waals surface area contributed by atoms with Crippen molar-refractivity contribution >= 4 is 24.0 Å². The molecule has 0 spiro atoms. The molecule has 1 heterocycles. The largest absolute Gasteiger partial charge is 0.330 e. The first-order chi connectivity index (χ1) is 9.79. The minimum atomic E-state index is 0. The Hall–Kier alpha value is -1.10. The molecule has 5 heteroatoms. The van der Waals surface area contributed by atoms with Crippen LogP contribution in [0.15, 0.2) is 30.3 Å². The van der Waals surface area contributed by atoms with Gasteiger partial charge in [0.25, 0.3) is 0 Å². The van der Waals surface area contributed by atoms with Gasteiger partial charge in [-0.05, 0) is 44.5 Å². The van der Waals surface area contributed by atoms with Gasteiger partial charge < -0.3 is 11.1 Å². The van der Waals surface area contributed by atoms with Gasteiger partial charge >= 0.3 is 0 Å². The van der Waals surface area contributed by atoms with Gasteiger partial charge in [0, 0.05) is 24.7 Å². The molecule has 1 aliphatic heterocycles. The van der Waals surface area contributed by atoms with E-state index in [0.29, 0.717) is 12.5 Å². The van der Waals surface area contributed by atoms with Crippen LogP contribution in [0.2, 0.25) is 0 Å². The van der Waals surface area contributed by atoms with Crippen LogP contribution < -0.4 is 11.1 Å². The Morgan fingerprint density at radius 2 is 2.05 bits per heavy atom. The van der Waals surface area contributed by atoms with E-state index in [0.717, 1.165) is 31.7 Å². The molecule has 0 aromatic heterocycles. The normalized spacial score (nSPS) is 18.8. The predicted octanol–water partition coefficient (Wildman–Crippen LogP) is 2.64. The van der Waals surface area contributed by atoms with Crippen LogP contribution in [0, 0.1) is 0 Å². The number of carbonyl (C=O) groups is 1. The second-order valence-electron chi connectivity index (χ2n) is 5.43. The van der Waals surface area contributed by atoms with Crippen molar-refractivity contribution in [1.29, 1.82) is 0 Å². The third kappa shape index (κ3) is 6.04. The number of para-hydroxylation sites is 1. The van der Waals surface area contributed by atoms with Gasteiger partial charge in [-0.1, -0.05) is 24.6 Å². The zero-order valence-electron chi connectivity index (χ0n) is 12.5. The number of hydrogen-bond donors (Lipinski definition) is 2. The highest BCUT2D eigenvalue weighted by molar-refractivity contribution is 5.90. The zero-order valence-corrected chi connectivity index (χ0v) is 13.3. The molecule has 1 atom stereocenters. The number of halogens is 1. The lowest BCUT2D eigenvalue weighted by molar-refractivity contribution is -0.116. The van der Waals surface area contributed by atoms with E-state index >= 15 is 0 Å². The number of nitrogens with two attached hydrogens (primary N) is 1. The molecule has 1 aromatic carbocycles.